The van der Waals surface area contributed by atoms with Crippen LogP contribution in [0.25, 0.3) is 0 Å². The van der Waals surface area contributed by atoms with Crippen LogP contribution in [0, 0.1) is 16.6 Å². The zero-order valence-electron chi connectivity index (χ0n) is 13.3. The van der Waals surface area contributed by atoms with Crippen LogP contribution >= 0.6 is 11.6 Å². The number of esters is 1. The van der Waals surface area contributed by atoms with Gasteiger partial charge in [-0.1, -0.05) is 36.9 Å². The molecular formula is C18H20ClFO3. The summed E-state index contributed by atoms with van der Waals surface area (Å²) in [7, 11) is 0. The van der Waals surface area contributed by atoms with Crippen molar-refractivity contribution in [3.8, 4) is 0 Å². The summed E-state index contributed by atoms with van der Waals surface area (Å²) >= 11 is 6.12. The van der Waals surface area contributed by atoms with Crippen molar-refractivity contribution < 1.29 is 18.7 Å². The van der Waals surface area contributed by atoms with Gasteiger partial charge in [0, 0.05) is 5.56 Å². The average Bonchev–Trinajstić information content (AvgIpc) is 2.51. The highest BCUT2D eigenvalue weighted by molar-refractivity contribution is 6.31. The van der Waals surface area contributed by atoms with E-state index in [1.165, 1.54) is 18.2 Å². The molecule has 23 heavy (non-hydrogen) atoms. The molecule has 1 aromatic rings. The van der Waals surface area contributed by atoms with Gasteiger partial charge >= 0.3 is 5.97 Å². The van der Waals surface area contributed by atoms with E-state index in [1.807, 2.05) is 0 Å². The number of carbonyl (C=O) groups is 2. The minimum atomic E-state index is -1.01. The summed E-state index contributed by atoms with van der Waals surface area (Å²) in [6, 6.07) is 3.93. The summed E-state index contributed by atoms with van der Waals surface area (Å²) in [5, 5.41) is 0.170. The molecule has 0 N–H and O–H groups in total. The van der Waals surface area contributed by atoms with Crippen molar-refractivity contribution in [3.63, 3.8) is 0 Å². The molecule has 1 aliphatic carbocycles. The molecule has 2 aliphatic rings. The fraction of sp³-hybridized carbons (Fsp3) is 0.556. The Morgan fingerprint density at radius 2 is 1.83 bits per heavy atom. The first-order valence-corrected chi connectivity index (χ1v) is 8.38. The normalized spacial score (nSPS) is 26.2. The fourth-order valence-corrected chi connectivity index (χ4v) is 4.21. The Labute approximate surface area is 140 Å². The molecule has 1 atom stereocenters. The van der Waals surface area contributed by atoms with Gasteiger partial charge in [0.05, 0.1) is 10.4 Å². The highest BCUT2D eigenvalue weighted by atomic mass is 35.5. The standard InChI is InChI=1S/C18H20ClFO3/c1-17(2)14(12-7-6-11(20)10-13(12)19)23-16(22)18(15(17)21)8-4-3-5-9-18/h6-7,10,14H,3-5,8-9H2,1-2H3/t14-/m1/s1. The number of ketones is 1. The Morgan fingerprint density at radius 3 is 2.43 bits per heavy atom. The molecule has 3 rings (SSSR count). The molecule has 2 fully saturated rings. The van der Waals surface area contributed by atoms with Gasteiger partial charge in [-0.05, 0) is 38.8 Å². The highest BCUT2D eigenvalue weighted by Gasteiger charge is 2.60. The van der Waals surface area contributed by atoms with E-state index in [4.69, 9.17) is 16.3 Å². The predicted octanol–water partition coefficient (Wildman–Crippen LogP) is 4.62. The molecule has 5 heteroatoms. The Bertz CT molecular complexity index is 662. The smallest absolute Gasteiger partial charge is 0.320 e. The van der Waals surface area contributed by atoms with Gasteiger partial charge in [-0.3, -0.25) is 9.59 Å². The average molecular weight is 339 g/mol. The zero-order valence-corrected chi connectivity index (χ0v) is 14.1. The van der Waals surface area contributed by atoms with Crippen LogP contribution in [0.5, 0.6) is 0 Å². The van der Waals surface area contributed by atoms with Gasteiger partial charge in [-0.25, -0.2) is 4.39 Å². The van der Waals surface area contributed by atoms with Crippen molar-refractivity contribution in [2.45, 2.75) is 52.1 Å². The highest BCUT2D eigenvalue weighted by Crippen LogP contribution is 2.53. The minimum absolute atomic E-state index is 0.0775. The van der Waals surface area contributed by atoms with Crippen LogP contribution in [-0.4, -0.2) is 11.8 Å². The quantitative estimate of drug-likeness (QED) is 0.554. The van der Waals surface area contributed by atoms with Crippen LogP contribution in [0.4, 0.5) is 4.39 Å². The lowest BCUT2D eigenvalue weighted by Crippen LogP contribution is -2.55. The van der Waals surface area contributed by atoms with Crippen LogP contribution < -0.4 is 0 Å². The van der Waals surface area contributed by atoms with Gasteiger partial charge in [-0.2, -0.15) is 0 Å². The van der Waals surface area contributed by atoms with E-state index in [0.717, 1.165) is 19.3 Å². The second kappa shape index (κ2) is 5.59. The van der Waals surface area contributed by atoms with E-state index >= 15 is 0 Å². The van der Waals surface area contributed by atoms with Crippen molar-refractivity contribution in [2.24, 2.45) is 10.8 Å². The first-order chi connectivity index (χ1) is 10.8. The lowest BCUT2D eigenvalue weighted by molar-refractivity contribution is -0.192. The number of rotatable bonds is 1. The van der Waals surface area contributed by atoms with E-state index in [9.17, 15) is 14.0 Å². The summed E-state index contributed by atoms with van der Waals surface area (Å²) in [6.07, 6.45) is 3.08. The Balaban J connectivity index is 2.02. The molecule has 1 aliphatic heterocycles. The number of carbonyl (C=O) groups excluding carboxylic acids is 2. The van der Waals surface area contributed by atoms with Crippen LogP contribution in [0.15, 0.2) is 18.2 Å². The Morgan fingerprint density at radius 1 is 1.17 bits per heavy atom. The summed E-state index contributed by atoms with van der Waals surface area (Å²) in [5.74, 6) is -0.993. The van der Waals surface area contributed by atoms with Crippen molar-refractivity contribution in [1.29, 1.82) is 0 Å². The molecule has 1 saturated heterocycles. The first-order valence-electron chi connectivity index (χ1n) is 8.00. The maximum atomic E-state index is 13.3. The first kappa shape index (κ1) is 16.4. The number of Topliss-reactive ketones (excluding diaryl/α,β-unsaturated/α-hetero) is 1. The van der Waals surface area contributed by atoms with Crippen LogP contribution in [-0.2, 0) is 14.3 Å². The lowest BCUT2D eigenvalue weighted by Gasteiger charge is -2.47. The minimum Gasteiger partial charge on any atom is -0.456 e. The summed E-state index contributed by atoms with van der Waals surface area (Å²) in [5.41, 5.74) is -1.43. The third-order valence-corrected chi connectivity index (χ3v) is 5.57. The maximum absolute atomic E-state index is 13.3. The molecule has 0 bridgehead atoms. The molecule has 1 heterocycles. The fourth-order valence-electron chi connectivity index (χ4n) is 3.95. The summed E-state index contributed by atoms with van der Waals surface area (Å²) in [6.45, 7) is 3.56. The van der Waals surface area contributed by atoms with Crippen molar-refractivity contribution in [3.05, 3.63) is 34.6 Å². The van der Waals surface area contributed by atoms with Gasteiger partial charge in [0.25, 0.3) is 0 Å². The number of halogens is 2. The number of benzene rings is 1. The number of hydrogen-bond donors (Lipinski definition) is 0. The SMILES string of the molecule is CC1(C)C(=O)C2(CCCCC2)C(=O)O[C@@H]1c1ccc(F)cc1Cl. The van der Waals surface area contributed by atoms with Gasteiger partial charge < -0.3 is 4.74 Å². The molecule has 0 amide bonds. The van der Waals surface area contributed by atoms with E-state index in [2.05, 4.69) is 0 Å². The zero-order chi connectivity index (χ0) is 16.8. The maximum Gasteiger partial charge on any atom is 0.320 e. The van der Waals surface area contributed by atoms with Crippen molar-refractivity contribution in [1.82, 2.24) is 0 Å². The van der Waals surface area contributed by atoms with E-state index in [1.54, 1.807) is 13.8 Å². The second-order valence-corrected chi connectivity index (χ2v) is 7.55. The van der Waals surface area contributed by atoms with Gasteiger partial charge in [0.1, 0.15) is 17.3 Å². The molecule has 1 saturated carbocycles. The third kappa shape index (κ3) is 2.47. The van der Waals surface area contributed by atoms with Crippen molar-refractivity contribution >= 4 is 23.4 Å². The Kier molecular flexibility index (Phi) is 3.99. The van der Waals surface area contributed by atoms with E-state index in [0.29, 0.717) is 18.4 Å². The summed E-state index contributed by atoms with van der Waals surface area (Å²) < 4.78 is 19.0. The monoisotopic (exact) mass is 338 g/mol. The third-order valence-electron chi connectivity index (χ3n) is 5.24. The lowest BCUT2D eigenvalue weighted by atomic mass is 9.60. The number of hydrogen-bond acceptors (Lipinski definition) is 3. The van der Waals surface area contributed by atoms with Gasteiger partial charge in [0.15, 0.2) is 5.78 Å². The van der Waals surface area contributed by atoms with E-state index in [-0.39, 0.29) is 10.8 Å². The van der Waals surface area contributed by atoms with Gasteiger partial charge in [-0.15, -0.1) is 0 Å². The predicted molar refractivity (Wildman–Crippen MR) is 84.5 cm³/mol. The molecule has 0 aromatic heterocycles. The second-order valence-electron chi connectivity index (χ2n) is 7.14. The van der Waals surface area contributed by atoms with Crippen LogP contribution in [0.1, 0.15) is 57.6 Å². The molecular weight excluding hydrogens is 319 g/mol. The Hall–Kier alpha value is -1.42. The largest absolute Gasteiger partial charge is 0.456 e. The molecule has 1 aromatic carbocycles. The van der Waals surface area contributed by atoms with Gasteiger partial charge in [0.2, 0.25) is 0 Å². The van der Waals surface area contributed by atoms with Crippen LogP contribution in [0.3, 0.4) is 0 Å². The molecule has 1 spiro atoms. The van der Waals surface area contributed by atoms with Crippen molar-refractivity contribution in [2.75, 3.05) is 0 Å². The number of ether oxygens (including phenoxy) is 1. The molecule has 0 unspecified atom stereocenters. The molecule has 124 valence electrons. The molecule has 0 radical (unpaired) electrons. The van der Waals surface area contributed by atoms with Crippen LogP contribution in [0.2, 0.25) is 5.02 Å². The van der Waals surface area contributed by atoms with E-state index < -0.39 is 28.7 Å². The number of cyclic esters (lactones) is 1. The molecule has 3 nitrogen and oxygen atoms in total. The summed E-state index contributed by atoms with van der Waals surface area (Å²) in [4.78, 5) is 25.8. The topological polar surface area (TPSA) is 43.4 Å².